The van der Waals surface area contributed by atoms with Crippen molar-refractivity contribution in [1.29, 1.82) is 0 Å². The highest BCUT2D eigenvalue weighted by Gasteiger charge is 2.44. The molecule has 0 unspecified atom stereocenters. The van der Waals surface area contributed by atoms with Crippen molar-refractivity contribution in [2.75, 3.05) is 19.8 Å². The first kappa shape index (κ1) is 16.0. The summed E-state index contributed by atoms with van der Waals surface area (Å²) in [6, 6.07) is 6.02. The van der Waals surface area contributed by atoms with Crippen LogP contribution in [0.1, 0.15) is 35.6 Å². The molecular weight excluding hydrogens is 318 g/mol. The summed E-state index contributed by atoms with van der Waals surface area (Å²) in [4.78, 5) is 12.3. The fourth-order valence-corrected chi connectivity index (χ4v) is 3.39. The Hall–Kier alpha value is -2.50. The van der Waals surface area contributed by atoms with Gasteiger partial charge in [0.05, 0.1) is 6.20 Å². The molecule has 4 rings (SSSR count). The van der Waals surface area contributed by atoms with Gasteiger partial charge in [0.25, 0.3) is 0 Å². The zero-order chi connectivity index (χ0) is 17.2. The van der Waals surface area contributed by atoms with Crippen LogP contribution in [-0.2, 0) is 11.2 Å². The number of aryl methyl sites for hydroxylation is 2. The molecule has 2 N–H and O–H groups in total. The lowest BCUT2D eigenvalue weighted by atomic mass is 10.1. The van der Waals surface area contributed by atoms with E-state index in [0.717, 1.165) is 36.5 Å². The van der Waals surface area contributed by atoms with Gasteiger partial charge in [-0.3, -0.25) is 9.89 Å². The van der Waals surface area contributed by atoms with Crippen LogP contribution in [0.4, 0.5) is 0 Å². The Bertz CT molecular complexity index is 771. The molecule has 25 heavy (non-hydrogen) atoms. The van der Waals surface area contributed by atoms with E-state index in [1.807, 2.05) is 31.3 Å². The van der Waals surface area contributed by atoms with Gasteiger partial charge in [0.1, 0.15) is 13.2 Å². The van der Waals surface area contributed by atoms with Crippen molar-refractivity contribution in [3.8, 4) is 11.5 Å². The van der Waals surface area contributed by atoms with E-state index in [-0.39, 0.29) is 11.8 Å². The number of benzene rings is 1. The van der Waals surface area contributed by atoms with Crippen molar-refractivity contribution in [3.63, 3.8) is 0 Å². The zero-order valence-corrected chi connectivity index (χ0v) is 14.4. The Morgan fingerprint density at radius 1 is 1.32 bits per heavy atom. The maximum absolute atomic E-state index is 12.3. The largest absolute Gasteiger partial charge is 0.486 e. The van der Waals surface area contributed by atoms with E-state index in [1.165, 1.54) is 11.1 Å². The fraction of sp³-hybridized carbons (Fsp3) is 0.474. The molecule has 1 aromatic heterocycles. The third kappa shape index (κ3) is 3.48. The Morgan fingerprint density at radius 2 is 2.16 bits per heavy atom. The number of carbonyl (C=O) groups is 1. The summed E-state index contributed by atoms with van der Waals surface area (Å²) in [6.45, 7) is 3.90. The van der Waals surface area contributed by atoms with Crippen LogP contribution in [0.5, 0.6) is 11.5 Å². The van der Waals surface area contributed by atoms with E-state index in [4.69, 9.17) is 9.47 Å². The van der Waals surface area contributed by atoms with Gasteiger partial charge in [-0.05, 0) is 55.4 Å². The summed E-state index contributed by atoms with van der Waals surface area (Å²) in [6.07, 6.45) is 4.62. The summed E-state index contributed by atoms with van der Waals surface area (Å²) < 4.78 is 11.2. The highest BCUT2D eigenvalue weighted by molar-refractivity contribution is 5.82. The molecule has 1 aliphatic heterocycles. The number of hydrogen-bond donors (Lipinski definition) is 2. The third-order valence-corrected chi connectivity index (χ3v) is 4.98. The molecule has 0 bridgehead atoms. The predicted octanol–water partition coefficient (Wildman–Crippen LogP) is 2.34. The lowest BCUT2D eigenvalue weighted by molar-refractivity contribution is -0.122. The van der Waals surface area contributed by atoms with E-state index < -0.39 is 0 Å². The number of ether oxygens (including phenoxy) is 2. The molecule has 1 aromatic carbocycles. The molecule has 1 aliphatic carbocycles. The Morgan fingerprint density at radius 3 is 2.96 bits per heavy atom. The van der Waals surface area contributed by atoms with E-state index in [2.05, 4.69) is 15.5 Å². The van der Waals surface area contributed by atoms with Gasteiger partial charge in [0, 0.05) is 18.2 Å². The van der Waals surface area contributed by atoms with Gasteiger partial charge in [-0.1, -0.05) is 6.07 Å². The number of aromatic amines is 1. The van der Waals surface area contributed by atoms with Crippen LogP contribution in [-0.4, -0.2) is 35.9 Å². The molecule has 132 valence electrons. The van der Waals surface area contributed by atoms with Gasteiger partial charge in [0.2, 0.25) is 5.91 Å². The van der Waals surface area contributed by atoms with Crippen molar-refractivity contribution < 1.29 is 14.3 Å². The molecule has 0 spiro atoms. The summed E-state index contributed by atoms with van der Waals surface area (Å²) in [7, 11) is 0. The number of nitrogens with one attached hydrogen (secondary N) is 2. The first-order chi connectivity index (χ1) is 12.2. The Labute approximate surface area is 146 Å². The number of carbonyl (C=O) groups excluding carboxylic acids is 1. The summed E-state index contributed by atoms with van der Waals surface area (Å²) in [5, 5.41) is 10.0. The van der Waals surface area contributed by atoms with Crippen LogP contribution in [0.15, 0.2) is 24.4 Å². The van der Waals surface area contributed by atoms with Crippen LogP contribution < -0.4 is 14.8 Å². The van der Waals surface area contributed by atoms with Gasteiger partial charge in [-0.2, -0.15) is 5.10 Å². The number of rotatable bonds is 6. The van der Waals surface area contributed by atoms with Crippen LogP contribution in [0.25, 0.3) is 0 Å². The number of nitrogens with zero attached hydrogens (tertiary/aromatic N) is 1. The number of H-pyrrole nitrogens is 1. The van der Waals surface area contributed by atoms with Gasteiger partial charge < -0.3 is 14.8 Å². The van der Waals surface area contributed by atoms with Gasteiger partial charge in [0.15, 0.2) is 11.5 Å². The maximum atomic E-state index is 12.3. The van der Waals surface area contributed by atoms with Crippen molar-refractivity contribution >= 4 is 5.91 Å². The highest BCUT2D eigenvalue weighted by atomic mass is 16.6. The second-order valence-corrected chi connectivity index (χ2v) is 6.77. The van der Waals surface area contributed by atoms with E-state index in [1.54, 1.807) is 0 Å². The molecule has 6 heteroatoms. The fourth-order valence-electron chi connectivity index (χ4n) is 3.39. The highest BCUT2D eigenvalue weighted by Crippen LogP contribution is 2.49. The van der Waals surface area contributed by atoms with Crippen LogP contribution in [0.2, 0.25) is 0 Å². The average Bonchev–Trinajstić information content (AvgIpc) is 3.34. The summed E-state index contributed by atoms with van der Waals surface area (Å²) in [5.41, 5.74) is 3.49. The average molecular weight is 341 g/mol. The minimum Gasteiger partial charge on any atom is -0.486 e. The minimum atomic E-state index is 0.0817. The molecule has 6 nitrogen and oxygen atoms in total. The third-order valence-electron chi connectivity index (χ3n) is 4.98. The molecule has 0 saturated heterocycles. The van der Waals surface area contributed by atoms with Crippen molar-refractivity contribution in [1.82, 2.24) is 15.5 Å². The van der Waals surface area contributed by atoms with Crippen molar-refractivity contribution in [2.45, 2.75) is 32.1 Å². The molecule has 2 aromatic rings. The van der Waals surface area contributed by atoms with Crippen LogP contribution >= 0.6 is 0 Å². The molecule has 2 aliphatic rings. The van der Waals surface area contributed by atoms with Crippen LogP contribution in [0.3, 0.4) is 0 Å². The molecule has 1 saturated carbocycles. The van der Waals surface area contributed by atoms with Gasteiger partial charge >= 0.3 is 0 Å². The zero-order valence-electron chi connectivity index (χ0n) is 14.4. The summed E-state index contributed by atoms with van der Waals surface area (Å²) >= 11 is 0. The molecule has 1 amide bonds. The smallest absolute Gasteiger partial charge is 0.223 e. The standard InChI is InChI=1S/C19H23N3O3/c1-12-14(11-21-22-12)3-2-6-20-19(23)16-10-15(16)13-4-5-17-18(9-13)25-8-7-24-17/h4-5,9,11,15-16H,2-3,6-8,10H2,1H3,(H,20,23)(H,21,22)/t15-,16-/m0/s1. The maximum Gasteiger partial charge on any atom is 0.223 e. The number of amides is 1. The first-order valence-electron chi connectivity index (χ1n) is 8.88. The molecular formula is C19H23N3O3. The Kier molecular flexibility index (Phi) is 4.34. The predicted molar refractivity (Wildman–Crippen MR) is 92.9 cm³/mol. The van der Waals surface area contributed by atoms with Crippen LogP contribution in [0, 0.1) is 12.8 Å². The number of fused-ring (bicyclic) bond motifs is 1. The monoisotopic (exact) mass is 341 g/mol. The lowest BCUT2D eigenvalue weighted by Crippen LogP contribution is -2.26. The number of hydrogen-bond acceptors (Lipinski definition) is 4. The second kappa shape index (κ2) is 6.78. The van der Waals surface area contributed by atoms with Gasteiger partial charge in [-0.15, -0.1) is 0 Å². The van der Waals surface area contributed by atoms with E-state index in [9.17, 15) is 4.79 Å². The van der Waals surface area contributed by atoms with Crippen molar-refractivity contribution in [3.05, 3.63) is 41.2 Å². The first-order valence-corrected chi connectivity index (χ1v) is 8.88. The normalized spacial score (nSPS) is 21.0. The molecule has 1 fully saturated rings. The summed E-state index contributed by atoms with van der Waals surface area (Å²) in [5.74, 6) is 2.13. The SMILES string of the molecule is Cc1[nH]ncc1CCCNC(=O)[C@H]1C[C@H]1c1ccc2c(c1)OCCO2. The number of aromatic nitrogens is 2. The van der Waals surface area contributed by atoms with E-state index in [0.29, 0.717) is 25.7 Å². The topological polar surface area (TPSA) is 76.2 Å². The molecule has 0 radical (unpaired) electrons. The molecule has 2 atom stereocenters. The Balaban J connectivity index is 1.25. The second-order valence-electron chi connectivity index (χ2n) is 6.77. The molecule has 2 heterocycles. The minimum absolute atomic E-state index is 0.0817. The van der Waals surface area contributed by atoms with Crippen molar-refractivity contribution in [2.24, 2.45) is 5.92 Å². The quantitative estimate of drug-likeness (QED) is 0.791. The van der Waals surface area contributed by atoms with Gasteiger partial charge in [-0.25, -0.2) is 0 Å². The van der Waals surface area contributed by atoms with E-state index >= 15 is 0 Å². The lowest BCUT2D eigenvalue weighted by Gasteiger charge is -2.18.